The third-order valence-corrected chi connectivity index (χ3v) is 7.61. The lowest BCUT2D eigenvalue weighted by Crippen LogP contribution is -2.16. The monoisotopic (exact) mass is 415 g/mol. The molecular weight excluding hydrogens is 386 g/mol. The van der Waals surface area contributed by atoms with Crippen molar-refractivity contribution in [1.82, 2.24) is 10.3 Å². The Bertz CT molecular complexity index is 772. The molecule has 0 unspecified atom stereocenters. The normalized spacial score (nSPS) is 17.8. The zero-order valence-electron chi connectivity index (χ0n) is 16.5. The van der Waals surface area contributed by atoms with Crippen LogP contribution in [0.2, 0.25) is 5.02 Å². The van der Waals surface area contributed by atoms with Gasteiger partial charge in [0.1, 0.15) is 0 Å². The molecule has 4 rings (SSSR count). The SMILES string of the molecule is Clc1ccc2c(c1NCc1ccc(CSC3CCCCC3)cn1)CCNCC2. The number of nitrogens with one attached hydrogen (secondary N) is 2. The van der Waals surface area contributed by atoms with Crippen molar-refractivity contribution in [2.24, 2.45) is 0 Å². The van der Waals surface area contributed by atoms with Gasteiger partial charge in [-0.25, -0.2) is 0 Å². The van der Waals surface area contributed by atoms with Gasteiger partial charge in [0.2, 0.25) is 0 Å². The van der Waals surface area contributed by atoms with Crippen LogP contribution in [0.3, 0.4) is 0 Å². The highest BCUT2D eigenvalue weighted by Gasteiger charge is 2.15. The summed E-state index contributed by atoms with van der Waals surface area (Å²) in [5.41, 5.74) is 6.24. The molecule has 1 fully saturated rings. The average Bonchev–Trinajstić information content (AvgIpc) is 2.99. The molecule has 0 amide bonds. The maximum atomic E-state index is 6.51. The highest BCUT2D eigenvalue weighted by atomic mass is 35.5. The van der Waals surface area contributed by atoms with Crippen LogP contribution in [-0.4, -0.2) is 23.3 Å². The summed E-state index contributed by atoms with van der Waals surface area (Å²) in [4.78, 5) is 4.69. The van der Waals surface area contributed by atoms with E-state index in [1.807, 2.05) is 12.3 Å². The van der Waals surface area contributed by atoms with E-state index in [1.165, 1.54) is 48.8 Å². The Balaban J connectivity index is 1.35. The first-order valence-corrected chi connectivity index (χ1v) is 12.0. The fraction of sp³-hybridized carbons (Fsp3) is 0.522. The van der Waals surface area contributed by atoms with E-state index in [4.69, 9.17) is 11.6 Å². The number of hydrogen-bond donors (Lipinski definition) is 2. The molecule has 5 heteroatoms. The van der Waals surface area contributed by atoms with E-state index in [1.54, 1.807) is 0 Å². The van der Waals surface area contributed by atoms with Gasteiger partial charge >= 0.3 is 0 Å². The first-order valence-electron chi connectivity index (χ1n) is 10.6. The quantitative estimate of drug-likeness (QED) is 0.643. The van der Waals surface area contributed by atoms with Gasteiger partial charge in [-0.3, -0.25) is 4.98 Å². The molecular formula is C23H30ClN3S. The molecule has 1 aliphatic carbocycles. The molecule has 0 bridgehead atoms. The summed E-state index contributed by atoms with van der Waals surface area (Å²) in [5.74, 6) is 1.08. The maximum absolute atomic E-state index is 6.51. The Labute approximate surface area is 178 Å². The van der Waals surface area contributed by atoms with Crippen LogP contribution in [0.5, 0.6) is 0 Å². The third-order valence-electron chi connectivity index (χ3n) is 5.85. The number of anilines is 1. The minimum Gasteiger partial charge on any atom is -0.378 e. The van der Waals surface area contributed by atoms with Gasteiger partial charge in [0.05, 0.1) is 22.9 Å². The molecule has 150 valence electrons. The Hall–Kier alpha value is -1.23. The van der Waals surface area contributed by atoms with Crippen molar-refractivity contribution in [3.8, 4) is 0 Å². The van der Waals surface area contributed by atoms with Gasteiger partial charge in [-0.15, -0.1) is 0 Å². The Morgan fingerprint density at radius 1 is 1.07 bits per heavy atom. The molecule has 2 aliphatic rings. The molecule has 1 aliphatic heterocycles. The number of rotatable bonds is 6. The number of pyridine rings is 1. The molecule has 2 heterocycles. The number of thioether (sulfide) groups is 1. The molecule has 28 heavy (non-hydrogen) atoms. The standard InChI is InChI=1S/C23H30ClN3S/c24-22-9-7-18-10-12-25-13-11-21(18)23(22)27-15-19-8-6-17(14-26-19)16-28-20-4-2-1-3-5-20/h6-9,14,20,25,27H,1-5,10-13,15-16H2. The topological polar surface area (TPSA) is 37.0 Å². The first kappa shape index (κ1) is 20.1. The van der Waals surface area contributed by atoms with E-state index >= 15 is 0 Å². The van der Waals surface area contributed by atoms with Crippen molar-refractivity contribution in [3.63, 3.8) is 0 Å². The average molecular weight is 416 g/mol. The summed E-state index contributed by atoms with van der Waals surface area (Å²) >= 11 is 8.62. The van der Waals surface area contributed by atoms with Crippen LogP contribution in [0, 0.1) is 0 Å². The van der Waals surface area contributed by atoms with Gasteiger partial charge < -0.3 is 10.6 Å². The number of aromatic nitrogens is 1. The van der Waals surface area contributed by atoms with Crippen molar-refractivity contribution < 1.29 is 0 Å². The van der Waals surface area contributed by atoms with E-state index in [9.17, 15) is 0 Å². The molecule has 1 aromatic carbocycles. The van der Waals surface area contributed by atoms with Crippen molar-refractivity contribution in [3.05, 3.63) is 57.9 Å². The van der Waals surface area contributed by atoms with E-state index in [-0.39, 0.29) is 0 Å². The molecule has 0 saturated heterocycles. The Morgan fingerprint density at radius 3 is 2.75 bits per heavy atom. The third kappa shape index (κ3) is 5.22. The summed E-state index contributed by atoms with van der Waals surface area (Å²) in [6.07, 6.45) is 11.1. The summed E-state index contributed by atoms with van der Waals surface area (Å²) < 4.78 is 0. The zero-order chi connectivity index (χ0) is 19.2. The van der Waals surface area contributed by atoms with E-state index < -0.39 is 0 Å². The number of benzene rings is 1. The van der Waals surface area contributed by atoms with Gasteiger partial charge in [-0.2, -0.15) is 11.8 Å². The minimum atomic E-state index is 0.708. The summed E-state index contributed by atoms with van der Waals surface area (Å²) in [6.45, 7) is 2.75. The molecule has 0 radical (unpaired) electrons. The van der Waals surface area contributed by atoms with Crippen molar-refractivity contribution in [2.45, 2.75) is 62.5 Å². The lowest BCUT2D eigenvalue weighted by atomic mass is 10.0. The van der Waals surface area contributed by atoms with Gasteiger partial charge in [0, 0.05) is 17.2 Å². The Morgan fingerprint density at radius 2 is 1.93 bits per heavy atom. The fourth-order valence-corrected chi connectivity index (χ4v) is 5.71. The van der Waals surface area contributed by atoms with E-state index in [0.717, 1.165) is 53.3 Å². The Kier molecular flexibility index (Phi) is 7.16. The van der Waals surface area contributed by atoms with Crippen LogP contribution in [0.15, 0.2) is 30.5 Å². The number of fused-ring (bicyclic) bond motifs is 1. The lowest BCUT2D eigenvalue weighted by molar-refractivity contribution is 0.516. The summed E-state index contributed by atoms with van der Waals surface area (Å²) in [6, 6.07) is 8.58. The molecule has 2 aromatic rings. The summed E-state index contributed by atoms with van der Waals surface area (Å²) in [7, 11) is 0. The summed E-state index contributed by atoms with van der Waals surface area (Å²) in [5, 5.41) is 8.69. The molecule has 0 spiro atoms. The number of halogens is 1. The smallest absolute Gasteiger partial charge is 0.0640 e. The molecule has 2 N–H and O–H groups in total. The molecule has 1 aromatic heterocycles. The van der Waals surface area contributed by atoms with E-state index in [0.29, 0.717) is 6.54 Å². The highest BCUT2D eigenvalue weighted by Crippen LogP contribution is 2.32. The zero-order valence-corrected chi connectivity index (χ0v) is 18.0. The van der Waals surface area contributed by atoms with Gasteiger partial charge in [0.25, 0.3) is 0 Å². The van der Waals surface area contributed by atoms with E-state index in [2.05, 4.69) is 45.6 Å². The van der Waals surface area contributed by atoms with Crippen LogP contribution >= 0.6 is 23.4 Å². The predicted molar refractivity (Wildman–Crippen MR) is 121 cm³/mol. The second-order valence-corrected chi connectivity index (χ2v) is 9.59. The number of nitrogens with zero attached hydrogens (tertiary/aromatic N) is 1. The lowest BCUT2D eigenvalue weighted by Gasteiger charge is -2.20. The van der Waals surface area contributed by atoms with Gasteiger partial charge in [-0.1, -0.05) is 43.0 Å². The van der Waals surface area contributed by atoms with Crippen LogP contribution in [0.1, 0.15) is 54.5 Å². The van der Waals surface area contributed by atoms with Gasteiger partial charge in [-0.05, 0) is 67.6 Å². The first-order chi connectivity index (χ1) is 13.8. The second kappa shape index (κ2) is 10.00. The van der Waals surface area contributed by atoms with Crippen LogP contribution in [0.25, 0.3) is 0 Å². The highest BCUT2D eigenvalue weighted by molar-refractivity contribution is 7.99. The van der Waals surface area contributed by atoms with Gasteiger partial charge in [0.15, 0.2) is 0 Å². The molecule has 3 nitrogen and oxygen atoms in total. The maximum Gasteiger partial charge on any atom is 0.0640 e. The van der Waals surface area contributed by atoms with Crippen molar-refractivity contribution in [1.29, 1.82) is 0 Å². The predicted octanol–water partition coefficient (Wildman–Crippen LogP) is 5.60. The van der Waals surface area contributed by atoms with Crippen LogP contribution in [-0.2, 0) is 25.1 Å². The van der Waals surface area contributed by atoms with Crippen LogP contribution in [0.4, 0.5) is 5.69 Å². The largest absolute Gasteiger partial charge is 0.378 e. The van der Waals surface area contributed by atoms with Crippen molar-refractivity contribution in [2.75, 3.05) is 18.4 Å². The fourth-order valence-electron chi connectivity index (χ4n) is 4.20. The second-order valence-electron chi connectivity index (χ2n) is 7.89. The van der Waals surface area contributed by atoms with Crippen LogP contribution < -0.4 is 10.6 Å². The molecule has 0 atom stereocenters. The molecule has 1 saturated carbocycles. The number of hydrogen-bond acceptors (Lipinski definition) is 4. The minimum absolute atomic E-state index is 0.708. The van der Waals surface area contributed by atoms with Crippen molar-refractivity contribution >= 4 is 29.1 Å².